The third-order valence-electron chi connectivity index (χ3n) is 6.87. The molecule has 0 saturated carbocycles. The Kier molecular flexibility index (Phi) is 12.2. The van der Waals surface area contributed by atoms with Crippen LogP contribution < -0.4 is 15.0 Å². The molecule has 0 aliphatic heterocycles. The van der Waals surface area contributed by atoms with Crippen LogP contribution in [0.4, 0.5) is 0 Å². The highest BCUT2D eigenvalue weighted by Crippen LogP contribution is 2.35. The lowest BCUT2D eigenvalue weighted by Crippen LogP contribution is -2.24. The van der Waals surface area contributed by atoms with E-state index in [4.69, 9.17) is 9.47 Å². The molecule has 0 fully saturated rings. The van der Waals surface area contributed by atoms with Crippen molar-refractivity contribution in [3.63, 3.8) is 0 Å². The quantitative estimate of drug-likeness (QED) is 0.148. The summed E-state index contributed by atoms with van der Waals surface area (Å²) in [6, 6.07) is 15.0. The van der Waals surface area contributed by atoms with Gasteiger partial charge in [0.25, 0.3) is 5.56 Å². The zero-order valence-electron chi connectivity index (χ0n) is 24.2. The van der Waals surface area contributed by atoms with E-state index in [0.717, 1.165) is 43.1 Å². The van der Waals surface area contributed by atoms with Crippen LogP contribution in [0.25, 0.3) is 10.9 Å². The van der Waals surface area contributed by atoms with Gasteiger partial charge in [0.1, 0.15) is 19.0 Å². The fraction of sp³-hybridized carbons (Fsp3) is 0.441. The Bertz CT molecular complexity index is 1300. The fourth-order valence-electron chi connectivity index (χ4n) is 4.62. The van der Waals surface area contributed by atoms with Crippen LogP contribution in [0.1, 0.15) is 84.6 Å². The zero-order chi connectivity index (χ0) is 28.0. The Balaban J connectivity index is 1.93. The van der Waals surface area contributed by atoms with E-state index in [1.807, 2.05) is 42.5 Å². The molecule has 0 aliphatic rings. The lowest BCUT2D eigenvalue weighted by molar-refractivity contribution is 0.274. The summed E-state index contributed by atoms with van der Waals surface area (Å²) in [7, 11) is 0. The van der Waals surface area contributed by atoms with Gasteiger partial charge in [0.2, 0.25) is 5.75 Å². The minimum atomic E-state index is -0.222. The molecular weight excluding hydrogens is 486 g/mol. The number of phenolic OH excluding ortho intramolecular Hbond substituents is 1. The van der Waals surface area contributed by atoms with Gasteiger partial charge in [-0.15, -0.1) is 0 Å². The van der Waals surface area contributed by atoms with Crippen molar-refractivity contribution in [3.05, 3.63) is 87.7 Å². The highest BCUT2D eigenvalue weighted by Gasteiger charge is 2.20. The second kappa shape index (κ2) is 15.8. The summed E-state index contributed by atoms with van der Waals surface area (Å²) in [6.45, 7) is 9.68. The first-order chi connectivity index (χ1) is 18.9. The predicted molar refractivity (Wildman–Crippen MR) is 162 cm³/mol. The topological polar surface area (TPSA) is 60.7 Å². The van der Waals surface area contributed by atoms with Gasteiger partial charge in [-0.2, -0.15) is 0 Å². The number of aryl methyl sites for hydroxylation is 1. The van der Waals surface area contributed by atoms with E-state index in [9.17, 15) is 9.90 Å². The van der Waals surface area contributed by atoms with Crippen molar-refractivity contribution in [2.75, 3.05) is 6.61 Å². The molecule has 0 saturated heterocycles. The standard InChI is InChI=1S/C34H45NO4/c1-5-6-7-8-9-13-22-35-31-24-29(36)19-20-30(31)32(39-25-28-17-11-10-12-18-28)33(34(35)37)38-23-21-27(4)16-14-15-26(2)3/h10-12,15,17-21,24,36H,5-9,13-14,16,22-23,25H2,1-4H3/b27-21+. The molecule has 0 radical (unpaired) electrons. The minimum Gasteiger partial charge on any atom is -0.508 e. The van der Waals surface area contributed by atoms with Gasteiger partial charge < -0.3 is 19.1 Å². The number of nitrogens with zero attached hydrogens (tertiary/aromatic N) is 1. The van der Waals surface area contributed by atoms with E-state index in [1.165, 1.54) is 30.4 Å². The molecule has 39 heavy (non-hydrogen) atoms. The van der Waals surface area contributed by atoms with E-state index in [0.29, 0.717) is 24.4 Å². The van der Waals surface area contributed by atoms with E-state index >= 15 is 0 Å². The number of ether oxygens (including phenoxy) is 2. The van der Waals surface area contributed by atoms with Crippen molar-refractivity contribution in [3.8, 4) is 17.2 Å². The van der Waals surface area contributed by atoms with Gasteiger partial charge in [0.15, 0.2) is 5.75 Å². The maximum Gasteiger partial charge on any atom is 0.297 e. The first-order valence-corrected chi connectivity index (χ1v) is 14.4. The maximum absolute atomic E-state index is 13.9. The van der Waals surface area contributed by atoms with Gasteiger partial charge in [-0.05, 0) is 63.8 Å². The van der Waals surface area contributed by atoms with Gasteiger partial charge >= 0.3 is 0 Å². The molecule has 5 nitrogen and oxygen atoms in total. The molecule has 0 aliphatic carbocycles. The number of rotatable bonds is 16. The number of phenols is 1. The minimum absolute atomic E-state index is 0.121. The highest BCUT2D eigenvalue weighted by atomic mass is 16.5. The molecule has 1 aromatic heterocycles. The van der Waals surface area contributed by atoms with E-state index in [2.05, 4.69) is 33.8 Å². The fourth-order valence-corrected chi connectivity index (χ4v) is 4.62. The molecule has 0 amide bonds. The average molecular weight is 532 g/mol. The van der Waals surface area contributed by atoms with Gasteiger partial charge in [0, 0.05) is 18.0 Å². The molecule has 0 bridgehead atoms. The van der Waals surface area contributed by atoms with Crippen LogP contribution in [-0.4, -0.2) is 16.3 Å². The molecular formula is C34H45NO4. The molecule has 0 unspecified atom stereocenters. The maximum atomic E-state index is 13.9. The van der Waals surface area contributed by atoms with E-state index < -0.39 is 0 Å². The SMILES string of the molecule is CCCCCCCCn1c(=O)c(OC/C=C(\C)CCC=C(C)C)c(OCc2ccccc2)c2ccc(O)cc21. The number of unbranched alkanes of at least 4 members (excludes halogenated alkanes) is 5. The summed E-state index contributed by atoms with van der Waals surface area (Å²) >= 11 is 0. The smallest absolute Gasteiger partial charge is 0.297 e. The summed E-state index contributed by atoms with van der Waals surface area (Å²) in [5, 5.41) is 11.0. The van der Waals surface area contributed by atoms with Crippen molar-refractivity contribution in [1.82, 2.24) is 4.57 Å². The number of hydrogen-bond acceptors (Lipinski definition) is 4. The molecule has 0 atom stereocenters. The molecule has 3 rings (SSSR count). The lowest BCUT2D eigenvalue weighted by atomic mass is 10.1. The first-order valence-electron chi connectivity index (χ1n) is 14.4. The predicted octanol–water partition coefficient (Wildman–Crippen LogP) is 8.72. The Morgan fingerprint density at radius 2 is 1.64 bits per heavy atom. The van der Waals surface area contributed by atoms with Gasteiger partial charge in [0.05, 0.1) is 5.52 Å². The number of pyridine rings is 1. The number of aromatic nitrogens is 1. The number of fused-ring (bicyclic) bond motifs is 1. The molecule has 3 aromatic rings. The summed E-state index contributed by atoms with van der Waals surface area (Å²) < 4.78 is 14.2. The largest absolute Gasteiger partial charge is 0.508 e. The van der Waals surface area contributed by atoms with E-state index in [1.54, 1.807) is 16.7 Å². The lowest BCUT2D eigenvalue weighted by Gasteiger charge is -2.19. The number of benzene rings is 2. The van der Waals surface area contributed by atoms with Gasteiger partial charge in [-0.25, -0.2) is 0 Å². The van der Waals surface area contributed by atoms with Crippen molar-refractivity contribution in [1.29, 1.82) is 0 Å². The van der Waals surface area contributed by atoms with Crippen LogP contribution in [0, 0.1) is 0 Å². The number of allylic oxidation sites excluding steroid dienone is 3. The Hall–Kier alpha value is -3.47. The molecule has 5 heteroatoms. The molecule has 1 heterocycles. The van der Waals surface area contributed by atoms with E-state index in [-0.39, 0.29) is 23.7 Å². The second-order valence-corrected chi connectivity index (χ2v) is 10.5. The van der Waals surface area contributed by atoms with Crippen LogP contribution in [0.3, 0.4) is 0 Å². The van der Waals surface area contributed by atoms with Crippen LogP contribution >= 0.6 is 0 Å². The molecule has 2 aromatic carbocycles. The normalized spacial score (nSPS) is 11.5. The second-order valence-electron chi connectivity index (χ2n) is 10.5. The van der Waals surface area contributed by atoms with Crippen molar-refractivity contribution in [2.45, 2.75) is 92.2 Å². The summed E-state index contributed by atoms with van der Waals surface area (Å²) in [6.07, 6.45) is 13.0. The number of aromatic hydroxyl groups is 1. The van der Waals surface area contributed by atoms with Gasteiger partial charge in [-0.1, -0.05) is 86.6 Å². The third-order valence-corrected chi connectivity index (χ3v) is 6.87. The highest BCUT2D eigenvalue weighted by molar-refractivity contribution is 5.89. The molecule has 1 N–H and O–H groups in total. The monoisotopic (exact) mass is 531 g/mol. The Morgan fingerprint density at radius 3 is 2.38 bits per heavy atom. The van der Waals surface area contributed by atoms with Crippen molar-refractivity contribution in [2.24, 2.45) is 0 Å². The number of hydrogen-bond donors (Lipinski definition) is 1. The molecule has 0 spiro atoms. The van der Waals surface area contributed by atoms with Crippen LogP contribution in [0.2, 0.25) is 0 Å². The van der Waals surface area contributed by atoms with Crippen LogP contribution in [0.15, 0.2) is 76.6 Å². The third kappa shape index (κ3) is 9.35. The Morgan fingerprint density at radius 1 is 0.897 bits per heavy atom. The Labute approximate surface area is 233 Å². The zero-order valence-corrected chi connectivity index (χ0v) is 24.2. The summed E-state index contributed by atoms with van der Waals surface area (Å²) in [4.78, 5) is 13.9. The van der Waals surface area contributed by atoms with Crippen molar-refractivity contribution >= 4 is 10.9 Å². The molecule has 210 valence electrons. The first kappa shape index (κ1) is 30.1. The summed E-state index contributed by atoms with van der Waals surface area (Å²) in [5.74, 6) is 0.772. The van der Waals surface area contributed by atoms with Crippen LogP contribution in [0.5, 0.6) is 17.2 Å². The average Bonchev–Trinajstić information content (AvgIpc) is 2.92. The van der Waals surface area contributed by atoms with Gasteiger partial charge in [-0.3, -0.25) is 4.79 Å². The van der Waals surface area contributed by atoms with Crippen molar-refractivity contribution < 1.29 is 14.6 Å². The summed E-state index contributed by atoms with van der Waals surface area (Å²) in [5.41, 5.74) is 3.98. The van der Waals surface area contributed by atoms with Crippen LogP contribution in [-0.2, 0) is 13.2 Å².